The lowest BCUT2D eigenvalue weighted by atomic mass is 9.56. The largest absolute Gasteiger partial charge is 0.0683 e. The predicted octanol–water partition coefficient (Wildman–Crippen LogP) is 9.53. The molecule has 1 rings (SSSR count). The fourth-order valence-electron chi connectivity index (χ4n) is 2.22. The van der Waals surface area contributed by atoms with Crippen LogP contribution in [0.15, 0.2) is 30.3 Å². The fraction of sp³-hybridized carbons (Fsp3) is 0.769. The van der Waals surface area contributed by atoms with Gasteiger partial charge >= 0.3 is 0 Å². The summed E-state index contributed by atoms with van der Waals surface area (Å²) in [5, 5.41) is 0. The molecule has 156 valence electrons. The average Bonchev–Trinajstić information content (AvgIpc) is 2.58. The summed E-state index contributed by atoms with van der Waals surface area (Å²) in [5.41, 5.74) is 2.90. The van der Waals surface area contributed by atoms with Crippen molar-refractivity contribution in [1.82, 2.24) is 0 Å². The van der Waals surface area contributed by atoms with Gasteiger partial charge in [-0.3, -0.25) is 0 Å². The molecule has 26 heavy (non-hydrogen) atoms. The molecular formula is C26H52. The lowest BCUT2D eigenvalue weighted by Crippen LogP contribution is -2.41. The molecule has 1 aromatic rings. The summed E-state index contributed by atoms with van der Waals surface area (Å²) in [4.78, 5) is 0. The van der Waals surface area contributed by atoms with Crippen LogP contribution in [0.1, 0.15) is 116 Å². The van der Waals surface area contributed by atoms with Gasteiger partial charge in [0.15, 0.2) is 0 Å². The van der Waals surface area contributed by atoms with Crippen molar-refractivity contribution in [3.63, 3.8) is 0 Å². The monoisotopic (exact) mass is 364 g/mol. The molecule has 0 aromatic heterocycles. The first-order valence-corrected chi connectivity index (χ1v) is 10.7. The van der Waals surface area contributed by atoms with E-state index in [0.717, 1.165) is 0 Å². The van der Waals surface area contributed by atoms with Gasteiger partial charge in [0.1, 0.15) is 0 Å². The standard InChI is InChI=1S/C11H16.C11H24.2C2H6/c1-4-11(2,3)10-8-6-5-7-9-10;1-9(2,3)11(7,8)10(4,5)6;2*1-2/h5-9H,4H2,1-3H3;1-8H3;2*1-2H3. The van der Waals surface area contributed by atoms with Gasteiger partial charge in [-0.15, -0.1) is 0 Å². The van der Waals surface area contributed by atoms with Crippen LogP contribution < -0.4 is 0 Å². The number of rotatable bonds is 2. The maximum absolute atomic E-state index is 2.35. The van der Waals surface area contributed by atoms with E-state index < -0.39 is 0 Å². The maximum Gasteiger partial charge on any atom is -0.0106 e. The molecule has 0 amide bonds. The summed E-state index contributed by atoms with van der Waals surface area (Å²) < 4.78 is 0. The molecule has 0 aliphatic rings. The minimum absolute atomic E-state index is 0.335. The van der Waals surface area contributed by atoms with Crippen molar-refractivity contribution in [2.45, 2.75) is 116 Å². The molecule has 0 saturated heterocycles. The van der Waals surface area contributed by atoms with E-state index in [9.17, 15) is 0 Å². The zero-order valence-electron chi connectivity index (χ0n) is 21.1. The Kier molecular flexibility index (Phi) is 14.5. The topological polar surface area (TPSA) is 0 Å². The van der Waals surface area contributed by atoms with Crippen LogP contribution in [0.2, 0.25) is 0 Å². The molecule has 0 unspecified atom stereocenters. The Labute approximate surface area is 168 Å². The third-order valence-electron chi connectivity index (χ3n) is 6.19. The van der Waals surface area contributed by atoms with Gasteiger partial charge in [0.25, 0.3) is 0 Å². The molecule has 0 bridgehead atoms. The van der Waals surface area contributed by atoms with Crippen LogP contribution in [0.5, 0.6) is 0 Å². The lowest BCUT2D eigenvalue weighted by molar-refractivity contribution is 0.00575. The Morgan fingerprint density at radius 1 is 0.577 bits per heavy atom. The first-order chi connectivity index (χ1) is 11.7. The van der Waals surface area contributed by atoms with Crippen molar-refractivity contribution in [2.24, 2.45) is 16.2 Å². The van der Waals surface area contributed by atoms with Gasteiger partial charge in [-0.05, 0) is 33.6 Å². The van der Waals surface area contributed by atoms with Crippen molar-refractivity contribution in [2.75, 3.05) is 0 Å². The van der Waals surface area contributed by atoms with Crippen molar-refractivity contribution >= 4 is 0 Å². The molecule has 0 fully saturated rings. The van der Waals surface area contributed by atoms with E-state index in [4.69, 9.17) is 0 Å². The molecule has 0 radical (unpaired) electrons. The highest BCUT2D eigenvalue weighted by Gasteiger charge is 2.42. The maximum atomic E-state index is 2.35. The second-order valence-electron chi connectivity index (χ2n) is 9.73. The molecule has 1 aromatic carbocycles. The Hall–Kier alpha value is -0.780. The molecule has 0 atom stereocenters. The lowest BCUT2D eigenvalue weighted by Gasteiger charge is -2.49. The summed E-state index contributed by atoms with van der Waals surface area (Å²) >= 11 is 0. The quantitative estimate of drug-likeness (QED) is 0.490. The normalized spacial score (nSPS) is 11.8. The molecule has 0 aliphatic heterocycles. The molecule has 0 spiro atoms. The zero-order valence-corrected chi connectivity index (χ0v) is 21.1. The Balaban J connectivity index is -0.000000341. The van der Waals surface area contributed by atoms with E-state index in [1.807, 2.05) is 27.7 Å². The molecular weight excluding hydrogens is 312 g/mol. The molecule has 0 nitrogen and oxygen atoms in total. The summed E-state index contributed by atoms with van der Waals surface area (Å²) in [6.07, 6.45) is 1.19. The highest BCUT2D eigenvalue weighted by atomic mass is 14.5. The molecule has 0 heteroatoms. The SMILES string of the molecule is CC.CC.CC(C)(C)C(C)(C)C(C)(C)C.CCC(C)(C)c1ccccc1. The van der Waals surface area contributed by atoms with Crippen LogP contribution in [0.4, 0.5) is 0 Å². The number of hydrogen-bond donors (Lipinski definition) is 0. The van der Waals surface area contributed by atoms with Crippen molar-refractivity contribution in [3.8, 4) is 0 Å². The van der Waals surface area contributed by atoms with E-state index in [-0.39, 0.29) is 0 Å². The summed E-state index contributed by atoms with van der Waals surface area (Å²) in [5.74, 6) is 0. The van der Waals surface area contributed by atoms with E-state index in [0.29, 0.717) is 21.7 Å². The van der Waals surface area contributed by atoms with Crippen LogP contribution in [-0.4, -0.2) is 0 Å². The smallest absolute Gasteiger partial charge is 0.0106 e. The van der Waals surface area contributed by atoms with E-state index >= 15 is 0 Å². The molecule has 0 saturated carbocycles. The minimum atomic E-state index is 0.335. The Bertz CT molecular complexity index is 405. The highest BCUT2D eigenvalue weighted by Crippen LogP contribution is 2.50. The van der Waals surface area contributed by atoms with Gasteiger partial charge in [0, 0.05) is 0 Å². The van der Waals surface area contributed by atoms with Gasteiger partial charge in [-0.1, -0.05) is 134 Å². The molecule has 0 heterocycles. The number of benzene rings is 1. The van der Waals surface area contributed by atoms with E-state index in [1.54, 1.807) is 0 Å². The summed E-state index contributed by atoms with van der Waals surface area (Å²) in [7, 11) is 0. The predicted molar refractivity (Wildman–Crippen MR) is 125 cm³/mol. The summed E-state index contributed by atoms with van der Waals surface area (Å²) in [6.45, 7) is 33.4. The highest BCUT2D eigenvalue weighted by molar-refractivity contribution is 5.22. The first kappa shape index (κ1) is 30.0. The minimum Gasteiger partial charge on any atom is -0.0683 e. The van der Waals surface area contributed by atoms with Crippen LogP contribution in [0.3, 0.4) is 0 Å². The van der Waals surface area contributed by atoms with Gasteiger partial charge in [0.2, 0.25) is 0 Å². The van der Waals surface area contributed by atoms with Crippen molar-refractivity contribution in [3.05, 3.63) is 35.9 Å². The fourth-order valence-corrected chi connectivity index (χ4v) is 2.22. The van der Waals surface area contributed by atoms with E-state index in [1.165, 1.54) is 12.0 Å². The second kappa shape index (κ2) is 12.6. The van der Waals surface area contributed by atoms with Gasteiger partial charge in [-0.2, -0.15) is 0 Å². The van der Waals surface area contributed by atoms with Gasteiger partial charge in [-0.25, -0.2) is 0 Å². The Morgan fingerprint density at radius 3 is 1.08 bits per heavy atom. The molecule has 0 N–H and O–H groups in total. The van der Waals surface area contributed by atoms with Crippen LogP contribution in [0, 0.1) is 16.2 Å². The van der Waals surface area contributed by atoms with Crippen LogP contribution in [0.25, 0.3) is 0 Å². The third kappa shape index (κ3) is 9.79. The first-order valence-electron chi connectivity index (χ1n) is 10.7. The van der Waals surface area contributed by atoms with Gasteiger partial charge < -0.3 is 0 Å². The average molecular weight is 365 g/mol. The van der Waals surface area contributed by atoms with Crippen LogP contribution in [-0.2, 0) is 5.41 Å². The van der Waals surface area contributed by atoms with E-state index in [2.05, 4.69) is 106 Å². The second-order valence-corrected chi connectivity index (χ2v) is 9.73. The zero-order chi connectivity index (χ0) is 21.8. The van der Waals surface area contributed by atoms with Crippen LogP contribution >= 0.6 is 0 Å². The van der Waals surface area contributed by atoms with Crippen molar-refractivity contribution < 1.29 is 0 Å². The number of hydrogen-bond acceptors (Lipinski definition) is 0. The third-order valence-corrected chi connectivity index (χ3v) is 6.19. The van der Waals surface area contributed by atoms with Gasteiger partial charge in [0.05, 0.1) is 0 Å². The Morgan fingerprint density at radius 2 is 0.885 bits per heavy atom. The van der Waals surface area contributed by atoms with Crippen molar-refractivity contribution in [1.29, 1.82) is 0 Å². The summed E-state index contributed by atoms with van der Waals surface area (Å²) in [6, 6.07) is 10.7. The molecule has 0 aliphatic carbocycles.